The maximum Gasteiger partial charge on any atom is 0.234 e. The lowest BCUT2D eigenvalue weighted by Gasteiger charge is -2.05. The van der Waals surface area contributed by atoms with Gasteiger partial charge in [-0.2, -0.15) is 0 Å². The first kappa shape index (κ1) is 20.1. The summed E-state index contributed by atoms with van der Waals surface area (Å²) in [4.78, 5) is 16.1. The number of hydrogen-bond donors (Lipinski definition) is 2. The van der Waals surface area contributed by atoms with Crippen LogP contribution in [0.15, 0.2) is 41.6 Å². The van der Waals surface area contributed by atoms with Gasteiger partial charge in [-0.05, 0) is 42.8 Å². The van der Waals surface area contributed by atoms with Crippen LogP contribution in [0, 0.1) is 18.6 Å². The largest absolute Gasteiger partial charge is 0.486 e. The second-order valence-corrected chi connectivity index (χ2v) is 7.08. The number of H-pyrrole nitrogens is 1. The van der Waals surface area contributed by atoms with Crippen molar-refractivity contribution in [2.45, 2.75) is 18.7 Å². The lowest BCUT2D eigenvalue weighted by Crippen LogP contribution is -2.15. The van der Waals surface area contributed by atoms with E-state index in [1.807, 2.05) is 13.0 Å². The van der Waals surface area contributed by atoms with Crippen LogP contribution in [-0.2, 0) is 11.4 Å². The van der Waals surface area contributed by atoms with E-state index in [-0.39, 0.29) is 18.0 Å². The smallest absolute Gasteiger partial charge is 0.234 e. The summed E-state index contributed by atoms with van der Waals surface area (Å²) in [5.41, 5.74) is 0.811. The Balaban J connectivity index is 1.48. The summed E-state index contributed by atoms with van der Waals surface area (Å²) in [6.45, 7) is 2.04. The van der Waals surface area contributed by atoms with E-state index in [2.05, 4.69) is 20.5 Å². The predicted octanol–water partition coefficient (Wildman–Crippen LogP) is 4.35. The number of carbonyl (C=O) groups is 1. The molecule has 0 saturated carbocycles. The van der Waals surface area contributed by atoms with E-state index in [1.54, 1.807) is 12.1 Å². The maximum absolute atomic E-state index is 13.5. The normalized spacial score (nSPS) is 10.7. The van der Waals surface area contributed by atoms with Gasteiger partial charge in [0.05, 0.1) is 11.4 Å². The van der Waals surface area contributed by atoms with E-state index >= 15 is 0 Å². The fraction of sp³-hybridized carbons (Fsp3) is 0.167. The van der Waals surface area contributed by atoms with E-state index < -0.39 is 17.5 Å². The number of aromatic nitrogens is 3. The van der Waals surface area contributed by atoms with Gasteiger partial charge in [0.1, 0.15) is 24.0 Å². The van der Waals surface area contributed by atoms with Crippen LogP contribution in [-0.4, -0.2) is 26.8 Å². The average Bonchev–Trinajstić information content (AvgIpc) is 3.11. The summed E-state index contributed by atoms with van der Waals surface area (Å²) < 4.78 is 32.0. The van der Waals surface area contributed by atoms with Crippen molar-refractivity contribution in [1.82, 2.24) is 15.2 Å². The van der Waals surface area contributed by atoms with Gasteiger partial charge in [-0.1, -0.05) is 23.4 Å². The van der Waals surface area contributed by atoms with Crippen LogP contribution in [0.4, 0.5) is 14.5 Å². The number of thioether (sulfide) groups is 1. The highest BCUT2D eigenvalue weighted by atomic mass is 35.5. The molecular weight excluding hydrogens is 410 g/mol. The zero-order valence-electron chi connectivity index (χ0n) is 14.6. The van der Waals surface area contributed by atoms with Crippen LogP contribution in [0.3, 0.4) is 0 Å². The van der Waals surface area contributed by atoms with Crippen molar-refractivity contribution in [3.05, 3.63) is 64.4 Å². The number of anilines is 1. The van der Waals surface area contributed by atoms with Crippen LogP contribution in [0.1, 0.15) is 11.4 Å². The molecule has 146 valence electrons. The van der Waals surface area contributed by atoms with Crippen molar-refractivity contribution in [3.8, 4) is 5.75 Å². The highest BCUT2D eigenvalue weighted by Crippen LogP contribution is 2.22. The fourth-order valence-corrected chi connectivity index (χ4v) is 2.91. The third-order valence-electron chi connectivity index (χ3n) is 3.55. The Kier molecular flexibility index (Phi) is 6.48. The first-order valence-corrected chi connectivity index (χ1v) is 9.45. The number of halogens is 3. The van der Waals surface area contributed by atoms with Crippen molar-refractivity contribution in [2.24, 2.45) is 0 Å². The van der Waals surface area contributed by atoms with E-state index in [0.717, 1.165) is 29.5 Å². The van der Waals surface area contributed by atoms with Gasteiger partial charge >= 0.3 is 0 Å². The zero-order valence-corrected chi connectivity index (χ0v) is 16.2. The quantitative estimate of drug-likeness (QED) is 0.551. The van der Waals surface area contributed by atoms with Gasteiger partial charge < -0.3 is 10.1 Å². The highest BCUT2D eigenvalue weighted by Gasteiger charge is 2.11. The molecule has 6 nitrogen and oxygen atoms in total. The summed E-state index contributed by atoms with van der Waals surface area (Å²) >= 11 is 7.04. The van der Waals surface area contributed by atoms with Crippen molar-refractivity contribution >= 4 is 35.0 Å². The third kappa shape index (κ3) is 5.43. The number of carbonyl (C=O) groups excluding carboxylic acids is 1. The van der Waals surface area contributed by atoms with Crippen LogP contribution >= 0.6 is 23.4 Å². The van der Waals surface area contributed by atoms with Crippen molar-refractivity contribution in [2.75, 3.05) is 11.1 Å². The third-order valence-corrected chi connectivity index (χ3v) is 4.83. The SMILES string of the molecule is Cc1cc(OCc2nc(SCC(=O)Nc3ccc(F)cc3F)n[nH]2)ccc1Cl. The first-order valence-electron chi connectivity index (χ1n) is 8.08. The minimum atomic E-state index is -0.840. The van der Waals surface area contributed by atoms with Gasteiger partial charge in [0.25, 0.3) is 0 Å². The number of aromatic amines is 1. The van der Waals surface area contributed by atoms with Gasteiger partial charge in [0.15, 0.2) is 5.82 Å². The number of benzene rings is 2. The van der Waals surface area contributed by atoms with E-state index in [1.165, 1.54) is 0 Å². The average molecular weight is 425 g/mol. The molecule has 0 fully saturated rings. The number of amides is 1. The fourth-order valence-electron chi connectivity index (χ4n) is 2.17. The predicted molar refractivity (Wildman–Crippen MR) is 103 cm³/mol. The number of rotatable bonds is 7. The monoisotopic (exact) mass is 424 g/mol. The summed E-state index contributed by atoms with van der Waals surface area (Å²) in [6.07, 6.45) is 0. The molecule has 0 aliphatic heterocycles. The van der Waals surface area contributed by atoms with Crippen molar-refractivity contribution in [1.29, 1.82) is 0 Å². The summed E-state index contributed by atoms with van der Waals surface area (Å²) in [5.74, 6) is -0.920. The molecule has 0 saturated heterocycles. The molecule has 0 aliphatic rings. The van der Waals surface area contributed by atoms with Gasteiger partial charge in [0.2, 0.25) is 11.1 Å². The van der Waals surface area contributed by atoms with Crippen molar-refractivity contribution in [3.63, 3.8) is 0 Å². The number of hydrogen-bond acceptors (Lipinski definition) is 5. The van der Waals surface area contributed by atoms with Gasteiger partial charge in [-0.15, -0.1) is 5.10 Å². The molecule has 28 heavy (non-hydrogen) atoms. The molecule has 1 amide bonds. The summed E-state index contributed by atoms with van der Waals surface area (Å²) in [5, 5.41) is 10.1. The Labute approximate surface area is 168 Å². The molecule has 0 spiro atoms. The number of nitrogens with zero attached hydrogens (tertiary/aromatic N) is 2. The van der Waals surface area contributed by atoms with Gasteiger partial charge in [0, 0.05) is 11.1 Å². The molecule has 1 heterocycles. The Bertz CT molecular complexity index is 999. The van der Waals surface area contributed by atoms with Gasteiger partial charge in [-0.3, -0.25) is 9.89 Å². The summed E-state index contributed by atoms with van der Waals surface area (Å²) in [6, 6.07) is 8.24. The first-order chi connectivity index (χ1) is 13.4. The number of aryl methyl sites for hydroxylation is 1. The molecule has 0 radical (unpaired) electrons. The van der Waals surface area contributed by atoms with E-state index in [4.69, 9.17) is 16.3 Å². The van der Waals surface area contributed by atoms with Gasteiger partial charge in [-0.25, -0.2) is 13.8 Å². The second kappa shape index (κ2) is 9.03. The molecular formula is C18H15ClF2N4O2S. The Hall–Kier alpha value is -2.65. The Morgan fingerprint density at radius 1 is 1.29 bits per heavy atom. The molecule has 3 rings (SSSR count). The molecule has 0 unspecified atom stereocenters. The van der Waals surface area contributed by atoms with Crippen LogP contribution in [0.2, 0.25) is 5.02 Å². The highest BCUT2D eigenvalue weighted by molar-refractivity contribution is 7.99. The molecule has 3 aromatic rings. The molecule has 0 atom stereocenters. The molecule has 0 aliphatic carbocycles. The molecule has 2 N–H and O–H groups in total. The number of nitrogens with one attached hydrogen (secondary N) is 2. The molecule has 2 aromatic carbocycles. The standard InChI is InChI=1S/C18H15ClF2N4O2S/c1-10-6-12(3-4-13(10)19)27-8-16-23-18(25-24-16)28-9-17(26)22-15-5-2-11(20)7-14(15)21/h2-7H,8-9H2,1H3,(H,22,26)(H,23,24,25). The lowest BCUT2D eigenvalue weighted by molar-refractivity contribution is -0.113. The Morgan fingerprint density at radius 3 is 2.86 bits per heavy atom. The molecule has 1 aromatic heterocycles. The maximum atomic E-state index is 13.5. The topological polar surface area (TPSA) is 79.9 Å². The van der Waals surface area contributed by atoms with E-state index in [0.29, 0.717) is 27.8 Å². The van der Waals surface area contributed by atoms with Crippen LogP contribution in [0.25, 0.3) is 0 Å². The molecule has 0 bridgehead atoms. The minimum Gasteiger partial charge on any atom is -0.486 e. The number of ether oxygens (including phenoxy) is 1. The summed E-state index contributed by atoms with van der Waals surface area (Å²) in [7, 11) is 0. The minimum absolute atomic E-state index is 0.0364. The zero-order chi connectivity index (χ0) is 20.1. The van der Waals surface area contributed by atoms with Crippen LogP contribution in [0.5, 0.6) is 5.75 Å². The molecule has 10 heteroatoms. The van der Waals surface area contributed by atoms with Crippen LogP contribution < -0.4 is 10.1 Å². The second-order valence-electron chi connectivity index (χ2n) is 5.73. The lowest BCUT2D eigenvalue weighted by atomic mass is 10.2. The van der Waals surface area contributed by atoms with Crippen molar-refractivity contribution < 1.29 is 18.3 Å². The van der Waals surface area contributed by atoms with E-state index in [9.17, 15) is 13.6 Å². The Morgan fingerprint density at radius 2 is 2.11 bits per heavy atom.